The van der Waals surface area contributed by atoms with Crippen molar-refractivity contribution in [2.45, 2.75) is 13.5 Å². The Morgan fingerprint density at radius 3 is 3.15 bits per heavy atom. The molecule has 1 N–H and O–H groups in total. The predicted octanol–water partition coefficient (Wildman–Crippen LogP) is 1.62. The van der Waals surface area contributed by atoms with Gasteiger partial charge in [0.05, 0.1) is 0 Å². The lowest BCUT2D eigenvalue weighted by atomic mass is 10.1. The van der Waals surface area contributed by atoms with Crippen LogP contribution in [0.15, 0.2) is 12.1 Å². The Morgan fingerprint density at radius 2 is 2.31 bits per heavy atom. The average molecular weight is 181 g/mol. The molecule has 0 saturated carbocycles. The van der Waals surface area contributed by atoms with Gasteiger partial charge >= 0.3 is 0 Å². The van der Waals surface area contributed by atoms with Crippen LogP contribution in [0.4, 0.5) is 4.39 Å². The number of fused-ring (bicyclic) bond motifs is 1. The molecule has 0 aliphatic carbocycles. The zero-order chi connectivity index (χ0) is 9.26. The van der Waals surface area contributed by atoms with E-state index in [1.807, 2.05) is 6.92 Å². The van der Waals surface area contributed by atoms with Gasteiger partial charge in [0.1, 0.15) is 18.2 Å². The fraction of sp³-hybridized carbons (Fsp3) is 0.400. The van der Waals surface area contributed by atoms with Crippen molar-refractivity contribution < 1.29 is 9.13 Å². The summed E-state index contributed by atoms with van der Waals surface area (Å²) in [4.78, 5) is 0. The maximum Gasteiger partial charge on any atom is 0.131 e. The van der Waals surface area contributed by atoms with Crippen molar-refractivity contribution >= 4 is 0 Å². The lowest BCUT2D eigenvalue weighted by Crippen LogP contribution is -2.16. The van der Waals surface area contributed by atoms with E-state index < -0.39 is 0 Å². The van der Waals surface area contributed by atoms with Crippen LogP contribution in [0.25, 0.3) is 0 Å². The quantitative estimate of drug-likeness (QED) is 0.656. The van der Waals surface area contributed by atoms with E-state index in [1.54, 1.807) is 6.07 Å². The molecular weight excluding hydrogens is 169 g/mol. The highest BCUT2D eigenvalue weighted by molar-refractivity contribution is 5.42. The first-order valence-corrected chi connectivity index (χ1v) is 4.40. The molecule has 0 fully saturated rings. The van der Waals surface area contributed by atoms with Crippen LogP contribution < -0.4 is 10.1 Å². The van der Waals surface area contributed by atoms with Crippen LogP contribution in [0.2, 0.25) is 0 Å². The third-order valence-corrected chi connectivity index (χ3v) is 2.23. The van der Waals surface area contributed by atoms with E-state index in [9.17, 15) is 4.39 Å². The Labute approximate surface area is 76.7 Å². The van der Waals surface area contributed by atoms with Gasteiger partial charge in [-0.25, -0.2) is 4.39 Å². The molecule has 0 atom stereocenters. The molecular formula is C10H12FNO. The first-order valence-electron chi connectivity index (χ1n) is 4.40. The third-order valence-electron chi connectivity index (χ3n) is 2.23. The number of hydrogen-bond acceptors (Lipinski definition) is 2. The fourth-order valence-corrected chi connectivity index (χ4v) is 1.53. The highest BCUT2D eigenvalue weighted by Crippen LogP contribution is 2.26. The fourth-order valence-electron chi connectivity index (χ4n) is 1.53. The molecule has 3 heteroatoms. The van der Waals surface area contributed by atoms with Crippen molar-refractivity contribution in [3.05, 3.63) is 29.1 Å². The highest BCUT2D eigenvalue weighted by atomic mass is 19.1. The van der Waals surface area contributed by atoms with E-state index in [-0.39, 0.29) is 5.82 Å². The predicted molar refractivity (Wildman–Crippen MR) is 48.3 cm³/mol. The second-order valence-electron chi connectivity index (χ2n) is 3.20. The normalized spacial score (nSPS) is 15.8. The molecule has 1 aromatic carbocycles. The number of hydrogen-bond donors (Lipinski definition) is 1. The van der Waals surface area contributed by atoms with Gasteiger partial charge in [0.15, 0.2) is 0 Å². The molecule has 0 amide bonds. The number of rotatable bonds is 0. The van der Waals surface area contributed by atoms with Crippen molar-refractivity contribution in [2.24, 2.45) is 0 Å². The number of nitrogens with one attached hydrogen (secondary N) is 1. The number of ether oxygens (including phenoxy) is 1. The van der Waals surface area contributed by atoms with Gasteiger partial charge in [-0.15, -0.1) is 0 Å². The minimum Gasteiger partial charge on any atom is -0.492 e. The molecule has 70 valence electrons. The second-order valence-corrected chi connectivity index (χ2v) is 3.20. The van der Waals surface area contributed by atoms with Crippen LogP contribution in [0.3, 0.4) is 0 Å². The molecule has 1 aliphatic rings. The standard InChI is InChI=1S/C10H12FNO/c1-7-2-3-9(11)8-6-12-4-5-13-10(7)8/h2-3,12H,4-6H2,1H3. The second kappa shape index (κ2) is 3.34. The summed E-state index contributed by atoms with van der Waals surface area (Å²) in [7, 11) is 0. The van der Waals surface area contributed by atoms with Gasteiger partial charge in [0, 0.05) is 18.7 Å². The molecule has 1 heterocycles. The maximum atomic E-state index is 13.3. The molecule has 0 saturated heterocycles. The molecule has 0 aromatic heterocycles. The van der Waals surface area contributed by atoms with Gasteiger partial charge in [0.2, 0.25) is 0 Å². The lowest BCUT2D eigenvalue weighted by molar-refractivity contribution is 0.322. The summed E-state index contributed by atoms with van der Waals surface area (Å²) in [5.74, 6) is 0.528. The van der Waals surface area contributed by atoms with Gasteiger partial charge < -0.3 is 10.1 Å². The third kappa shape index (κ3) is 1.52. The minimum atomic E-state index is -0.185. The Balaban J connectivity index is 2.50. The summed E-state index contributed by atoms with van der Waals surface area (Å²) < 4.78 is 18.8. The minimum absolute atomic E-state index is 0.185. The summed E-state index contributed by atoms with van der Waals surface area (Å²) in [6.45, 7) is 3.87. The molecule has 2 nitrogen and oxygen atoms in total. The Kier molecular flexibility index (Phi) is 2.19. The molecule has 1 aliphatic heterocycles. The van der Waals surface area contributed by atoms with Crippen LogP contribution in [0.5, 0.6) is 5.75 Å². The zero-order valence-corrected chi connectivity index (χ0v) is 7.56. The van der Waals surface area contributed by atoms with E-state index >= 15 is 0 Å². The zero-order valence-electron chi connectivity index (χ0n) is 7.56. The van der Waals surface area contributed by atoms with Gasteiger partial charge in [-0.05, 0) is 18.6 Å². The van der Waals surface area contributed by atoms with Gasteiger partial charge in [-0.2, -0.15) is 0 Å². The van der Waals surface area contributed by atoms with Crippen LogP contribution in [0.1, 0.15) is 11.1 Å². The molecule has 0 unspecified atom stereocenters. The SMILES string of the molecule is Cc1ccc(F)c2c1OCCNC2. The number of benzene rings is 1. The molecule has 1 aromatic rings. The summed E-state index contributed by atoms with van der Waals surface area (Å²) in [6, 6.07) is 3.24. The van der Waals surface area contributed by atoms with Crippen molar-refractivity contribution in [2.75, 3.05) is 13.2 Å². The van der Waals surface area contributed by atoms with E-state index in [0.29, 0.717) is 24.5 Å². The lowest BCUT2D eigenvalue weighted by Gasteiger charge is -2.09. The molecule has 2 rings (SSSR count). The van der Waals surface area contributed by atoms with Crippen molar-refractivity contribution in [3.63, 3.8) is 0 Å². The average Bonchev–Trinajstić information content (AvgIpc) is 2.37. The molecule has 0 bridgehead atoms. The topological polar surface area (TPSA) is 21.3 Å². The van der Waals surface area contributed by atoms with Crippen LogP contribution in [0, 0.1) is 12.7 Å². The molecule has 13 heavy (non-hydrogen) atoms. The Bertz CT molecular complexity index is 294. The van der Waals surface area contributed by atoms with Gasteiger partial charge in [0.25, 0.3) is 0 Å². The van der Waals surface area contributed by atoms with E-state index in [4.69, 9.17) is 4.74 Å². The van der Waals surface area contributed by atoms with Gasteiger partial charge in [-0.1, -0.05) is 6.07 Å². The summed E-state index contributed by atoms with van der Waals surface area (Å²) >= 11 is 0. The summed E-state index contributed by atoms with van der Waals surface area (Å²) in [5.41, 5.74) is 1.65. The summed E-state index contributed by atoms with van der Waals surface area (Å²) in [5, 5.41) is 3.11. The molecule has 0 spiro atoms. The maximum absolute atomic E-state index is 13.3. The Morgan fingerprint density at radius 1 is 1.46 bits per heavy atom. The van der Waals surface area contributed by atoms with Crippen LogP contribution in [-0.4, -0.2) is 13.2 Å². The summed E-state index contributed by atoms with van der Waals surface area (Å²) in [6.07, 6.45) is 0. The smallest absolute Gasteiger partial charge is 0.131 e. The Hall–Kier alpha value is -1.09. The number of halogens is 1. The first kappa shape index (κ1) is 8.51. The molecule has 0 radical (unpaired) electrons. The van der Waals surface area contributed by atoms with E-state index in [2.05, 4.69) is 5.32 Å². The van der Waals surface area contributed by atoms with Crippen molar-refractivity contribution in [1.29, 1.82) is 0 Å². The van der Waals surface area contributed by atoms with Crippen molar-refractivity contribution in [1.82, 2.24) is 5.32 Å². The monoisotopic (exact) mass is 181 g/mol. The highest BCUT2D eigenvalue weighted by Gasteiger charge is 2.14. The largest absolute Gasteiger partial charge is 0.492 e. The number of aryl methyl sites for hydroxylation is 1. The van der Waals surface area contributed by atoms with Crippen LogP contribution >= 0.6 is 0 Å². The van der Waals surface area contributed by atoms with E-state index in [1.165, 1.54) is 6.07 Å². The first-order chi connectivity index (χ1) is 6.29. The van der Waals surface area contributed by atoms with Crippen molar-refractivity contribution in [3.8, 4) is 5.75 Å². The van der Waals surface area contributed by atoms with E-state index in [0.717, 1.165) is 12.1 Å². The van der Waals surface area contributed by atoms with Gasteiger partial charge in [-0.3, -0.25) is 0 Å². The van der Waals surface area contributed by atoms with Crippen LogP contribution in [-0.2, 0) is 6.54 Å².